The van der Waals surface area contributed by atoms with Crippen LogP contribution in [0, 0.1) is 0 Å². The van der Waals surface area contributed by atoms with Crippen LogP contribution < -0.4 is 4.74 Å². The summed E-state index contributed by atoms with van der Waals surface area (Å²) in [6.07, 6.45) is 9.61. The van der Waals surface area contributed by atoms with Crippen LogP contribution in [0.3, 0.4) is 0 Å². The fourth-order valence-corrected chi connectivity index (χ4v) is 6.07. The van der Waals surface area contributed by atoms with Crippen molar-refractivity contribution in [1.29, 1.82) is 0 Å². The maximum Gasteiger partial charge on any atom is 0.410 e. The molecule has 8 heteroatoms. The highest BCUT2D eigenvalue weighted by atomic mass is 16.6. The van der Waals surface area contributed by atoms with Crippen molar-refractivity contribution in [2.75, 3.05) is 20.1 Å². The second kappa shape index (κ2) is 10.4. The Kier molecular flexibility index (Phi) is 6.90. The molecule has 40 heavy (non-hydrogen) atoms. The summed E-state index contributed by atoms with van der Waals surface area (Å²) in [7, 11) is 4.31. The highest BCUT2D eigenvalue weighted by Gasteiger charge is 2.38. The first kappa shape index (κ1) is 26.6. The number of aryl methyl sites for hydroxylation is 1. The molecule has 1 saturated carbocycles. The van der Waals surface area contributed by atoms with Crippen molar-refractivity contribution in [3.8, 4) is 17.0 Å². The predicted molar refractivity (Wildman–Crippen MR) is 157 cm³/mol. The van der Waals surface area contributed by atoms with Gasteiger partial charge < -0.3 is 23.8 Å². The number of ether oxygens (including phenoxy) is 2. The van der Waals surface area contributed by atoms with Crippen molar-refractivity contribution in [3.63, 3.8) is 0 Å². The van der Waals surface area contributed by atoms with Gasteiger partial charge in [0.05, 0.1) is 5.52 Å². The number of aromatic nitrogens is 3. The van der Waals surface area contributed by atoms with Crippen molar-refractivity contribution < 1.29 is 14.3 Å². The summed E-state index contributed by atoms with van der Waals surface area (Å²) in [5.74, 6) is 0.678. The summed E-state index contributed by atoms with van der Waals surface area (Å²) in [4.78, 5) is 25.6. The second-order valence-corrected chi connectivity index (χ2v) is 12.3. The molecule has 2 aliphatic rings. The van der Waals surface area contributed by atoms with Crippen molar-refractivity contribution in [3.05, 3.63) is 55.0 Å². The minimum Gasteiger partial charge on any atom is -0.474 e. The summed E-state index contributed by atoms with van der Waals surface area (Å²) >= 11 is 0. The zero-order valence-corrected chi connectivity index (χ0v) is 24.1. The summed E-state index contributed by atoms with van der Waals surface area (Å²) in [6, 6.07) is 13.7. The van der Waals surface area contributed by atoms with E-state index in [1.54, 1.807) is 0 Å². The van der Waals surface area contributed by atoms with E-state index in [9.17, 15) is 4.79 Å². The Hall–Kier alpha value is -3.65. The van der Waals surface area contributed by atoms with Crippen LogP contribution in [0.4, 0.5) is 4.79 Å². The molecule has 0 atom stereocenters. The van der Waals surface area contributed by atoms with Crippen LogP contribution in [0.5, 0.6) is 5.88 Å². The maximum atomic E-state index is 12.4. The van der Waals surface area contributed by atoms with E-state index < -0.39 is 5.60 Å². The number of carbonyl (C=O) groups excluding carboxylic acids is 1. The lowest BCUT2D eigenvalue weighted by molar-refractivity contribution is -0.0129. The Labute approximate surface area is 235 Å². The summed E-state index contributed by atoms with van der Waals surface area (Å²) in [6.45, 7) is 7.23. The number of fused-ring (bicyclic) bond motifs is 3. The number of nitrogens with zero attached hydrogens (tertiary/aromatic N) is 5. The first-order chi connectivity index (χ1) is 19.2. The molecule has 1 aromatic carbocycles. The third-order valence-corrected chi connectivity index (χ3v) is 8.50. The lowest BCUT2D eigenvalue weighted by atomic mass is 9.86. The number of likely N-dealkylation sites (tertiary alicyclic amines) is 1. The van der Waals surface area contributed by atoms with Crippen LogP contribution in [0.25, 0.3) is 32.9 Å². The molecule has 1 amide bonds. The zero-order valence-electron chi connectivity index (χ0n) is 24.1. The average Bonchev–Trinajstić information content (AvgIpc) is 3.21. The number of amides is 1. The monoisotopic (exact) mass is 541 g/mol. The molecule has 0 spiro atoms. The largest absolute Gasteiger partial charge is 0.474 e. The van der Waals surface area contributed by atoms with Gasteiger partial charge in [0.15, 0.2) is 0 Å². The van der Waals surface area contributed by atoms with Gasteiger partial charge in [0.2, 0.25) is 5.88 Å². The van der Waals surface area contributed by atoms with Crippen LogP contribution in [0.2, 0.25) is 0 Å². The van der Waals surface area contributed by atoms with Crippen LogP contribution in [-0.4, -0.2) is 74.4 Å². The summed E-state index contributed by atoms with van der Waals surface area (Å²) in [5, 5.41) is 2.38. The van der Waals surface area contributed by atoms with E-state index in [0.717, 1.165) is 49.9 Å². The van der Waals surface area contributed by atoms with E-state index in [1.165, 1.54) is 21.8 Å². The number of rotatable bonds is 5. The van der Waals surface area contributed by atoms with E-state index in [-0.39, 0.29) is 12.2 Å². The predicted octanol–water partition coefficient (Wildman–Crippen LogP) is 6.03. The molecular formula is C32H39N5O3. The van der Waals surface area contributed by atoms with Gasteiger partial charge in [-0.15, -0.1) is 0 Å². The van der Waals surface area contributed by atoms with Crippen LogP contribution in [0.15, 0.2) is 55.0 Å². The molecule has 0 unspecified atom stereocenters. The molecule has 3 aromatic heterocycles. The van der Waals surface area contributed by atoms with Gasteiger partial charge in [0.1, 0.15) is 11.7 Å². The number of carbonyl (C=O) groups is 1. The summed E-state index contributed by atoms with van der Waals surface area (Å²) in [5.41, 5.74) is 4.11. The Balaban J connectivity index is 1.01. The standard InChI is InChI=1S/C32H39N5O3/c1-32(2,3)40-31(38)37-14-11-23(12-15-37)35(4)24-17-25(18-24)39-30-9-7-22(19-34-30)21-6-8-26-27-20-33-13-10-28(27)36(5)29(26)16-21/h6-10,13,16,19-20,23-25H,11-12,14-15,17-18H2,1-5H3/t24-,25-. The molecule has 6 rings (SSSR count). The molecule has 0 radical (unpaired) electrons. The van der Waals surface area contributed by atoms with Gasteiger partial charge in [-0.1, -0.05) is 12.1 Å². The SMILES string of the molecule is Cn1c2ccncc2c2ccc(-c3ccc(O[C@H]4C[C@H](N(C)C5CCN(C(=O)OC(C)(C)C)CC5)C4)nc3)cc21. The summed E-state index contributed by atoms with van der Waals surface area (Å²) < 4.78 is 14.0. The third-order valence-electron chi connectivity index (χ3n) is 8.50. The van der Waals surface area contributed by atoms with Crippen LogP contribution in [-0.2, 0) is 11.8 Å². The van der Waals surface area contributed by atoms with Gasteiger partial charge >= 0.3 is 6.09 Å². The molecule has 8 nitrogen and oxygen atoms in total. The Morgan fingerprint density at radius 1 is 0.950 bits per heavy atom. The van der Waals surface area contributed by atoms with Crippen molar-refractivity contribution in [1.82, 2.24) is 24.3 Å². The van der Waals surface area contributed by atoms with Crippen molar-refractivity contribution in [2.45, 2.75) is 70.2 Å². The normalized spacial score (nSPS) is 20.2. The number of hydrogen-bond donors (Lipinski definition) is 0. The van der Waals surface area contributed by atoms with Crippen LogP contribution >= 0.6 is 0 Å². The highest BCUT2D eigenvalue weighted by Crippen LogP contribution is 2.34. The average molecular weight is 542 g/mol. The van der Waals surface area contributed by atoms with Crippen molar-refractivity contribution in [2.24, 2.45) is 7.05 Å². The van der Waals surface area contributed by atoms with Gasteiger partial charge in [-0.05, 0) is 64.4 Å². The van der Waals surface area contributed by atoms with E-state index in [4.69, 9.17) is 9.47 Å². The minimum absolute atomic E-state index is 0.188. The highest BCUT2D eigenvalue weighted by molar-refractivity contribution is 6.08. The first-order valence-electron chi connectivity index (χ1n) is 14.3. The first-order valence-corrected chi connectivity index (χ1v) is 14.3. The number of benzene rings is 1. The minimum atomic E-state index is -0.454. The number of piperidine rings is 1. The Morgan fingerprint density at radius 2 is 1.70 bits per heavy atom. The molecule has 1 saturated heterocycles. The Bertz CT molecular complexity index is 1510. The fraction of sp³-hybridized carbons (Fsp3) is 0.469. The number of pyridine rings is 2. The van der Waals surface area contributed by atoms with E-state index >= 15 is 0 Å². The fourth-order valence-electron chi connectivity index (χ4n) is 6.07. The van der Waals surface area contributed by atoms with E-state index in [2.05, 4.69) is 63.9 Å². The molecule has 1 aliphatic carbocycles. The molecule has 1 aliphatic heterocycles. The molecule has 4 aromatic rings. The van der Waals surface area contributed by atoms with E-state index in [0.29, 0.717) is 18.0 Å². The molecule has 2 fully saturated rings. The lowest BCUT2D eigenvalue weighted by Gasteiger charge is -2.46. The van der Waals surface area contributed by atoms with Gasteiger partial charge in [-0.2, -0.15) is 0 Å². The molecule has 4 heterocycles. The molecule has 0 N–H and O–H groups in total. The van der Waals surface area contributed by atoms with E-state index in [1.807, 2.05) is 50.3 Å². The quantitative estimate of drug-likeness (QED) is 0.307. The third kappa shape index (κ3) is 5.24. The van der Waals surface area contributed by atoms with Crippen LogP contribution in [0.1, 0.15) is 46.5 Å². The zero-order chi connectivity index (χ0) is 28.0. The molecule has 210 valence electrons. The van der Waals surface area contributed by atoms with Gasteiger partial charge in [-0.25, -0.2) is 9.78 Å². The number of hydrogen-bond acceptors (Lipinski definition) is 6. The smallest absolute Gasteiger partial charge is 0.410 e. The molecule has 0 bridgehead atoms. The topological polar surface area (TPSA) is 72.7 Å². The second-order valence-electron chi connectivity index (χ2n) is 12.3. The van der Waals surface area contributed by atoms with Gasteiger partial charge in [-0.3, -0.25) is 4.98 Å². The van der Waals surface area contributed by atoms with Gasteiger partial charge in [0, 0.05) is 91.6 Å². The molecular weight excluding hydrogens is 502 g/mol. The lowest BCUT2D eigenvalue weighted by Crippen LogP contribution is -2.54. The maximum absolute atomic E-state index is 12.4. The Morgan fingerprint density at radius 3 is 2.40 bits per heavy atom. The van der Waals surface area contributed by atoms with Gasteiger partial charge in [0.25, 0.3) is 0 Å². The van der Waals surface area contributed by atoms with Crippen molar-refractivity contribution >= 4 is 27.9 Å².